The SMILES string of the molecule is NCc1cccc(F)c1OCCn1ccccc1=O. The zero-order valence-electron chi connectivity index (χ0n) is 10.4. The van der Waals surface area contributed by atoms with Crippen molar-refractivity contribution < 1.29 is 9.13 Å². The van der Waals surface area contributed by atoms with Gasteiger partial charge in [-0.15, -0.1) is 0 Å². The first kappa shape index (κ1) is 13.3. The van der Waals surface area contributed by atoms with Gasteiger partial charge in [-0.25, -0.2) is 4.39 Å². The maximum absolute atomic E-state index is 13.6. The Hall–Kier alpha value is -2.14. The van der Waals surface area contributed by atoms with E-state index in [-0.39, 0.29) is 24.5 Å². The van der Waals surface area contributed by atoms with Crippen molar-refractivity contribution >= 4 is 0 Å². The molecule has 0 saturated carbocycles. The molecular weight excluding hydrogens is 247 g/mol. The van der Waals surface area contributed by atoms with E-state index in [0.717, 1.165) is 0 Å². The van der Waals surface area contributed by atoms with Gasteiger partial charge in [-0.3, -0.25) is 4.79 Å². The van der Waals surface area contributed by atoms with Crippen LogP contribution in [0.3, 0.4) is 0 Å². The van der Waals surface area contributed by atoms with Crippen LogP contribution in [0.1, 0.15) is 5.56 Å². The lowest BCUT2D eigenvalue weighted by atomic mass is 10.2. The highest BCUT2D eigenvalue weighted by atomic mass is 19.1. The van der Waals surface area contributed by atoms with Crippen LogP contribution in [0.4, 0.5) is 4.39 Å². The Labute approximate surface area is 110 Å². The Morgan fingerprint density at radius 2 is 2.05 bits per heavy atom. The fourth-order valence-corrected chi connectivity index (χ4v) is 1.77. The number of pyridine rings is 1. The van der Waals surface area contributed by atoms with Crippen molar-refractivity contribution in [3.63, 3.8) is 0 Å². The van der Waals surface area contributed by atoms with Gasteiger partial charge in [0.2, 0.25) is 0 Å². The summed E-state index contributed by atoms with van der Waals surface area (Å²) in [7, 11) is 0. The van der Waals surface area contributed by atoms with E-state index in [2.05, 4.69) is 0 Å². The van der Waals surface area contributed by atoms with Gasteiger partial charge in [-0.1, -0.05) is 18.2 Å². The van der Waals surface area contributed by atoms with Gasteiger partial charge in [-0.05, 0) is 12.1 Å². The van der Waals surface area contributed by atoms with Crippen molar-refractivity contribution in [1.82, 2.24) is 4.57 Å². The number of hydrogen-bond donors (Lipinski definition) is 1. The largest absolute Gasteiger partial charge is 0.488 e. The molecule has 19 heavy (non-hydrogen) atoms. The van der Waals surface area contributed by atoms with Crippen LogP contribution in [-0.4, -0.2) is 11.2 Å². The third kappa shape index (κ3) is 3.20. The van der Waals surface area contributed by atoms with Crippen molar-refractivity contribution in [1.29, 1.82) is 0 Å². The number of nitrogens with zero attached hydrogens (tertiary/aromatic N) is 1. The van der Waals surface area contributed by atoms with Crippen molar-refractivity contribution in [3.05, 3.63) is 64.3 Å². The first-order chi connectivity index (χ1) is 9.22. The van der Waals surface area contributed by atoms with Crippen LogP contribution in [0.25, 0.3) is 0 Å². The van der Waals surface area contributed by atoms with Crippen LogP contribution < -0.4 is 16.0 Å². The maximum Gasteiger partial charge on any atom is 0.250 e. The topological polar surface area (TPSA) is 57.2 Å². The van der Waals surface area contributed by atoms with E-state index < -0.39 is 5.82 Å². The molecule has 0 unspecified atom stereocenters. The molecule has 2 aromatic rings. The molecule has 5 heteroatoms. The Morgan fingerprint density at radius 1 is 1.21 bits per heavy atom. The van der Waals surface area contributed by atoms with Crippen molar-refractivity contribution in [2.45, 2.75) is 13.1 Å². The van der Waals surface area contributed by atoms with Crippen molar-refractivity contribution in [2.75, 3.05) is 6.61 Å². The number of para-hydroxylation sites is 1. The van der Waals surface area contributed by atoms with Crippen LogP contribution in [0, 0.1) is 5.82 Å². The predicted molar refractivity (Wildman–Crippen MR) is 70.5 cm³/mol. The Balaban J connectivity index is 2.04. The van der Waals surface area contributed by atoms with E-state index in [0.29, 0.717) is 12.1 Å². The highest BCUT2D eigenvalue weighted by molar-refractivity contribution is 5.34. The molecule has 0 fully saturated rings. The number of aromatic nitrogens is 1. The molecule has 100 valence electrons. The minimum atomic E-state index is -0.441. The Bertz CT molecular complexity index is 610. The quantitative estimate of drug-likeness (QED) is 0.889. The first-order valence-corrected chi connectivity index (χ1v) is 5.98. The van der Waals surface area contributed by atoms with E-state index in [9.17, 15) is 9.18 Å². The minimum absolute atomic E-state index is 0.112. The Morgan fingerprint density at radius 3 is 2.79 bits per heavy atom. The third-order valence-corrected chi connectivity index (χ3v) is 2.75. The fraction of sp³-hybridized carbons (Fsp3) is 0.214. The molecule has 0 spiro atoms. The van der Waals surface area contributed by atoms with Crippen LogP contribution in [0.5, 0.6) is 5.75 Å². The summed E-state index contributed by atoms with van der Waals surface area (Å²) in [5.74, 6) is -0.280. The molecule has 1 aromatic heterocycles. The second-order valence-corrected chi connectivity index (χ2v) is 4.01. The summed E-state index contributed by atoms with van der Waals surface area (Å²) in [5.41, 5.74) is 6.02. The van der Waals surface area contributed by atoms with E-state index in [4.69, 9.17) is 10.5 Å². The van der Waals surface area contributed by atoms with E-state index in [1.165, 1.54) is 16.7 Å². The molecule has 2 N–H and O–H groups in total. The number of benzene rings is 1. The standard InChI is InChI=1S/C14H15FN2O2/c15-12-5-3-4-11(10-16)14(12)19-9-8-17-7-2-1-6-13(17)18/h1-7H,8-10,16H2. The van der Waals surface area contributed by atoms with Gasteiger partial charge in [0.05, 0.1) is 6.54 Å². The molecule has 2 rings (SSSR count). The average molecular weight is 262 g/mol. The number of rotatable bonds is 5. The molecule has 0 aliphatic rings. The van der Waals surface area contributed by atoms with Gasteiger partial charge in [0.1, 0.15) is 6.61 Å². The number of ether oxygens (including phenoxy) is 1. The third-order valence-electron chi connectivity index (χ3n) is 2.75. The number of hydrogen-bond acceptors (Lipinski definition) is 3. The molecule has 1 heterocycles. The Kier molecular flexibility index (Phi) is 4.30. The molecule has 4 nitrogen and oxygen atoms in total. The second kappa shape index (κ2) is 6.15. The van der Waals surface area contributed by atoms with Gasteiger partial charge in [0.25, 0.3) is 5.56 Å². The molecule has 1 aromatic carbocycles. The summed E-state index contributed by atoms with van der Waals surface area (Å²) in [6.07, 6.45) is 1.66. The van der Waals surface area contributed by atoms with Crippen LogP contribution in [-0.2, 0) is 13.1 Å². The molecular formula is C14H15FN2O2. The van der Waals surface area contributed by atoms with Gasteiger partial charge in [-0.2, -0.15) is 0 Å². The van der Waals surface area contributed by atoms with Gasteiger partial charge in [0.15, 0.2) is 11.6 Å². The highest BCUT2D eigenvalue weighted by Crippen LogP contribution is 2.22. The summed E-state index contributed by atoms with van der Waals surface area (Å²) in [4.78, 5) is 11.5. The summed E-state index contributed by atoms with van der Waals surface area (Å²) >= 11 is 0. The van der Waals surface area contributed by atoms with Crippen molar-refractivity contribution in [3.8, 4) is 5.75 Å². The number of nitrogens with two attached hydrogens (primary N) is 1. The van der Waals surface area contributed by atoms with E-state index >= 15 is 0 Å². The lowest BCUT2D eigenvalue weighted by molar-refractivity contribution is 0.280. The molecule has 0 amide bonds. The lowest BCUT2D eigenvalue weighted by Crippen LogP contribution is -2.21. The number of halogens is 1. The minimum Gasteiger partial charge on any atom is -0.488 e. The first-order valence-electron chi connectivity index (χ1n) is 5.98. The molecule has 0 aliphatic heterocycles. The highest BCUT2D eigenvalue weighted by Gasteiger charge is 2.08. The maximum atomic E-state index is 13.6. The zero-order chi connectivity index (χ0) is 13.7. The normalized spacial score (nSPS) is 10.4. The smallest absolute Gasteiger partial charge is 0.250 e. The molecule has 0 radical (unpaired) electrons. The van der Waals surface area contributed by atoms with Crippen LogP contribution >= 0.6 is 0 Å². The molecule has 0 atom stereocenters. The van der Waals surface area contributed by atoms with E-state index in [1.54, 1.807) is 30.5 Å². The lowest BCUT2D eigenvalue weighted by Gasteiger charge is -2.12. The average Bonchev–Trinajstić information content (AvgIpc) is 2.42. The monoisotopic (exact) mass is 262 g/mol. The van der Waals surface area contributed by atoms with Crippen molar-refractivity contribution in [2.24, 2.45) is 5.73 Å². The predicted octanol–water partition coefficient (Wildman–Crippen LogP) is 1.53. The summed E-state index contributed by atoms with van der Waals surface area (Å²) < 4.78 is 20.5. The van der Waals surface area contributed by atoms with Crippen LogP contribution in [0.2, 0.25) is 0 Å². The van der Waals surface area contributed by atoms with E-state index in [1.807, 2.05) is 0 Å². The molecule has 0 saturated heterocycles. The summed E-state index contributed by atoms with van der Waals surface area (Å²) in [5, 5.41) is 0. The second-order valence-electron chi connectivity index (χ2n) is 4.01. The van der Waals surface area contributed by atoms with Gasteiger partial charge in [0, 0.05) is 24.4 Å². The van der Waals surface area contributed by atoms with Gasteiger partial charge < -0.3 is 15.0 Å². The van der Waals surface area contributed by atoms with Crippen LogP contribution in [0.15, 0.2) is 47.4 Å². The zero-order valence-corrected chi connectivity index (χ0v) is 10.4. The summed E-state index contributed by atoms with van der Waals surface area (Å²) in [6, 6.07) is 9.52. The molecule has 0 bridgehead atoms. The summed E-state index contributed by atoms with van der Waals surface area (Å²) in [6.45, 7) is 0.772. The molecule has 0 aliphatic carbocycles. The van der Waals surface area contributed by atoms with Gasteiger partial charge >= 0.3 is 0 Å². The fourth-order valence-electron chi connectivity index (χ4n) is 1.77.